The normalized spacial score (nSPS) is 10.1. The van der Waals surface area contributed by atoms with Crippen LogP contribution >= 0.6 is 23.8 Å². The Kier molecular flexibility index (Phi) is 3.84. The van der Waals surface area contributed by atoms with E-state index in [1.807, 2.05) is 49.4 Å². The molecule has 0 aliphatic carbocycles. The largest absolute Gasteiger partial charge is 0.456 e. The Labute approximate surface area is 116 Å². The number of thiocarbonyl (C=S) groups is 1. The maximum absolute atomic E-state index is 6.06. The van der Waals surface area contributed by atoms with Crippen LogP contribution < -0.4 is 10.5 Å². The van der Waals surface area contributed by atoms with E-state index >= 15 is 0 Å². The Hall–Kier alpha value is -1.58. The van der Waals surface area contributed by atoms with Gasteiger partial charge in [0.05, 0.1) is 5.02 Å². The second-order valence-corrected chi connectivity index (χ2v) is 4.77. The Morgan fingerprint density at radius 2 is 1.83 bits per heavy atom. The maximum atomic E-state index is 6.06. The molecule has 2 aromatic rings. The highest BCUT2D eigenvalue weighted by molar-refractivity contribution is 7.80. The van der Waals surface area contributed by atoms with Crippen molar-refractivity contribution in [1.82, 2.24) is 0 Å². The van der Waals surface area contributed by atoms with Gasteiger partial charge in [-0.3, -0.25) is 0 Å². The van der Waals surface area contributed by atoms with Crippen molar-refractivity contribution in [2.24, 2.45) is 5.73 Å². The minimum Gasteiger partial charge on any atom is -0.456 e. The van der Waals surface area contributed by atoms with Crippen molar-refractivity contribution < 1.29 is 4.74 Å². The summed E-state index contributed by atoms with van der Waals surface area (Å²) in [6, 6.07) is 12.9. The fourth-order valence-electron chi connectivity index (χ4n) is 1.50. The lowest BCUT2D eigenvalue weighted by Crippen LogP contribution is -2.08. The van der Waals surface area contributed by atoms with Crippen LogP contribution in [0.5, 0.6) is 11.5 Å². The second kappa shape index (κ2) is 5.38. The van der Waals surface area contributed by atoms with Gasteiger partial charge < -0.3 is 10.5 Å². The smallest absolute Gasteiger partial charge is 0.146 e. The van der Waals surface area contributed by atoms with Crippen LogP contribution in [0.4, 0.5) is 0 Å². The Morgan fingerprint density at radius 1 is 1.17 bits per heavy atom. The first-order valence-corrected chi connectivity index (χ1v) is 6.19. The van der Waals surface area contributed by atoms with Crippen molar-refractivity contribution in [2.45, 2.75) is 6.92 Å². The average Bonchev–Trinajstić information content (AvgIpc) is 2.34. The summed E-state index contributed by atoms with van der Waals surface area (Å²) in [7, 11) is 0. The van der Waals surface area contributed by atoms with Gasteiger partial charge in [0.25, 0.3) is 0 Å². The van der Waals surface area contributed by atoms with Crippen molar-refractivity contribution in [3.05, 3.63) is 58.6 Å². The van der Waals surface area contributed by atoms with Gasteiger partial charge in [0, 0.05) is 5.56 Å². The number of halogens is 1. The standard InChI is InChI=1S/C14H12ClNOS/c1-9-2-7-12(15)13(8-9)17-11-5-3-10(4-6-11)14(16)18/h2-8H,1H3,(H2,16,18). The first kappa shape index (κ1) is 12.9. The molecule has 0 amide bonds. The lowest BCUT2D eigenvalue weighted by atomic mass is 10.2. The molecule has 0 spiro atoms. The van der Waals surface area contributed by atoms with Crippen LogP contribution in [0.15, 0.2) is 42.5 Å². The van der Waals surface area contributed by atoms with E-state index < -0.39 is 0 Å². The second-order valence-electron chi connectivity index (χ2n) is 3.92. The first-order chi connectivity index (χ1) is 8.56. The van der Waals surface area contributed by atoms with Crippen LogP contribution in [0.2, 0.25) is 5.02 Å². The van der Waals surface area contributed by atoms with Crippen molar-refractivity contribution in [2.75, 3.05) is 0 Å². The van der Waals surface area contributed by atoms with Crippen molar-refractivity contribution in [3.8, 4) is 11.5 Å². The molecular weight excluding hydrogens is 266 g/mol. The molecule has 2 aromatic carbocycles. The number of ether oxygens (including phenoxy) is 1. The topological polar surface area (TPSA) is 35.2 Å². The molecule has 0 fully saturated rings. The van der Waals surface area contributed by atoms with Gasteiger partial charge in [-0.05, 0) is 48.9 Å². The SMILES string of the molecule is Cc1ccc(Cl)c(Oc2ccc(C(N)=S)cc2)c1. The number of aryl methyl sites for hydroxylation is 1. The molecule has 0 aromatic heterocycles. The molecule has 2 N–H and O–H groups in total. The van der Waals surface area contributed by atoms with E-state index in [1.165, 1.54) is 0 Å². The zero-order valence-electron chi connectivity index (χ0n) is 9.81. The summed E-state index contributed by atoms with van der Waals surface area (Å²) in [6.07, 6.45) is 0. The van der Waals surface area contributed by atoms with Crippen LogP contribution in [-0.2, 0) is 0 Å². The van der Waals surface area contributed by atoms with Gasteiger partial charge in [0.2, 0.25) is 0 Å². The lowest BCUT2D eigenvalue weighted by Gasteiger charge is -2.08. The van der Waals surface area contributed by atoms with Gasteiger partial charge in [0.1, 0.15) is 16.5 Å². The summed E-state index contributed by atoms with van der Waals surface area (Å²) in [6.45, 7) is 1.99. The van der Waals surface area contributed by atoms with Gasteiger partial charge in [0.15, 0.2) is 0 Å². The van der Waals surface area contributed by atoms with Crippen molar-refractivity contribution in [3.63, 3.8) is 0 Å². The number of rotatable bonds is 3. The van der Waals surface area contributed by atoms with E-state index in [1.54, 1.807) is 0 Å². The molecule has 0 saturated heterocycles. The summed E-state index contributed by atoms with van der Waals surface area (Å²) < 4.78 is 5.71. The van der Waals surface area contributed by atoms with Crippen LogP contribution in [-0.4, -0.2) is 4.99 Å². The molecule has 0 saturated carbocycles. The summed E-state index contributed by atoms with van der Waals surface area (Å²) in [4.78, 5) is 0.370. The number of hydrogen-bond acceptors (Lipinski definition) is 2. The third-order valence-electron chi connectivity index (χ3n) is 2.45. The number of benzene rings is 2. The van der Waals surface area contributed by atoms with E-state index in [9.17, 15) is 0 Å². The monoisotopic (exact) mass is 277 g/mol. The highest BCUT2D eigenvalue weighted by atomic mass is 35.5. The number of hydrogen-bond donors (Lipinski definition) is 1. The van der Waals surface area contributed by atoms with Crippen LogP contribution in [0.1, 0.15) is 11.1 Å². The molecule has 0 radical (unpaired) electrons. The van der Waals surface area contributed by atoms with E-state index in [2.05, 4.69) is 0 Å². The van der Waals surface area contributed by atoms with Gasteiger partial charge in [-0.25, -0.2) is 0 Å². The molecule has 0 heterocycles. The van der Waals surface area contributed by atoms with E-state index in [0.717, 1.165) is 11.1 Å². The van der Waals surface area contributed by atoms with Gasteiger partial charge in [-0.1, -0.05) is 29.9 Å². The van der Waals surface area contributed by atoms with E-state index in [-0.39, 0.29) is 0 Å². The molecule has 2 nitrogen and oxygen atoms in total. The summed E-state index contributed by atoms with van der Waals surface area (Å²) in [5.41, 5.74) is 7.43. The fraction of sp³-hybridized carbons (Fsp3) is 0.0714. The predicted octanol–water partition coefficient (Wildman–Crippen LogP) is 4.07. The molecule has 0 aliphatic rings. The Balaban J connectivity index is 2.23. The van der Waals surface area contributed by atoms with Gasteiger partial charge in [-0.15, -0.1) is 0 Å². The van der Waals surface area contributed by atoms with E-state index in [4.69, 9.17) is 34.3 Å². The van der Waals surface area contributed by atoms with Crippen LogP contribution in [0.3, 0.4) is 0 Å². The molecule has 2 rings (SSSR count). The summed E-state index contributed by atoms with van der Waals surface area (Å²) in [5, 5.41) is 0.582. The average molecular weight is 278 g/mol. The molecule has 92 valence electrons. The summed E-state index contributed by atoms with van der Waals surface area (Å²) >= 11 is 11.0. The van der Waals surface area contributed by atoms with Gasteiger partial charge in [-0.2, -0.15) is 0 Å². The van der Waals surface area contributed by atoms with E-state index in [0.29, 0.717) is 21.5 Å². The van der Waals surface area contributed by atoms with Crippen molar-refractivity contribution >= 4 is 28.8 Å². The lowest BCUT2D eigenvalue weighted by molar-refractivity contribution is 0.482. The highest BCUT2D eigenvalue weighted by Gasteiger charge is 2.04. The molecule has 0 bridgehead atoms. The first-order valence-electron chi connectivity index (χ1n) is 5.40. The Morgan fingerprint density at radius 3 is 2.44 bits per heavy atom. The molecule has 4 heteroatoms. The molecule has 0 atom stereocenters. The Bertz CT molecular complexity index is 581. The number of nitrogens with two attached hydrogens (primary N) is 1. The zero-order valence-corrected chi connectivity index (χ0v) is 11.4. The third kappa shape index (κ3) is 3.00. The van der Waals surface area contributed by atoms with Crippen molar-refractivity contribution in [1.29, 1.82) is 0 Å². The fourth-order valence-corrected chi connectivity index (χ4v) is 1.80. The minimum absolute atomic E-state index is 0.370. The van der Waals surface area contributed by atoms with Gasteiger partial charge >= 0.3 is 0 Å². The maximum Gasteiger partial charge on any atom is 0.146 e. The van der Waals surface area contributed by atoms with Crippen LogP contribution in [0.25, 0.3) is 0 Å². The summed E-state index contributed by atoms with van der Waals surface area (Å²) in [5.74, 6) is 1.34. The molecule has 18 heavy (non-hydrogen) atoms. The molecule has 0 unspecified atom stereocenters. The van der Waals surface area contributed by atoms with Crippen LogP contribution in [0, 0.1) is 6.92 Å². The molecular formula is C14H12ClNOS. The highest BCUT2D eigenvalue weighted by Crippen LogP contribution is 2.30. The third-order valence-corrected chi connectivity index (χ3v) is 3.00. The zero-order chi connectivity index (χ0) is 13.1. The minimum atomic E-state index is 0.370. The molecule has 0 aliphatic heterocycles. The predicted molar refractivity (Wildman–Crippen MR) is 78.6 cm³/mol. The quantitative estimate of drug-likeness (QED) is 0.859.